The fourth-order valence-corrected chi connectivity index (χ4v) is 2.30. The average Bonchev–Trinajstić information content (AvgIpc) is 2.24. The van der Waals surface area contributed by atoms with E-state index in [4.69, 9.17) is 4.74 Å². The van der Waals surface area contributed by atoms with Gasteiger partial charge in [-0.15, -0.1) is 0 Å². The van der Waals surface area contributed by atoms with Crippen molar-refractivity contribution in [2.24, 2.45) is 5.92 Å². The highest BCUT2D eigenvalue weighted by atomic mass is 16.5. The van der Waals surface area contributed by atoms with Crippen LogP contribution in [0.5, 0.6) is 0 Å². The topological polar surface area (TPSA) is 21.3 Å². The molecule has 0 radical (unpaired) electrons. The molecule has 0 saturated heterocycles. The molecule has 0 heterocycles. The maximum absolute atomic E-state index is 6.29. The largest absolute Gasteiger partial charge is 0.373 e. The molecule has 0 aromatic rings. The third-order valence-electron chi connectivity index (χ3n) is 3.50. The van der Waals surface area contributed by atoms with Crippen molar-refractivity contribution >= 4 is 0 Å². The molecule has 17 heavy (non-hydrogen) atoms. The van der Waals surface area contributed by atoms with Crippen LogP contribution in [0.2, 0.25) is 0 Å². The maximum atomic E-state index is 6.29. The lowest BCUT2D eigenvalue weighted by Gasteiger charge is -2.32. The molecule has 1 atom stereocenters. The van der Waals surface area contributed by atoms with E-state index in [0.29, 0.717) is 18.1 Å². The Morgan fingerprint density at radius 3 is 2.18 bits per heavy atom. The highest BCUT2D eigenvalue weighted by Crippen LogP contribution is 2.23. The van der Waals surface area contributed by atoms with Crippen LogP contribution in [0, 0.1) is 5.92 Å². The monoisotopic (exact) mass is 241 g/mol. The number of hydrogen-bond donors (Lipinski definition) is 1. The van der Waals surface area contributed by atoms with Crippen molar-refractivity contribution in [3.63, 3.8) is 0 Å². The summed E-state index contributed by atoms with van der Waals surface area (Å²) in [7, 11) is 0. The fourth-order valence-electron chi connectivity index (χ4n) is 2.30. The van der Waals surface area contributed by atoms with Gasteiger partial charge in [0, 0.05) is 12.1 Å². The smallest absolute Gasteiger partial charge is 0.0726 e. The van der Waals surface area contributed by atoms with E-state index < -0.39 is 0 Å². The van der Waals surface area contributed by atoms with Gasteiger partial charge < -0.3 is 10.1 Å². The summed E-state index contributed by atoms with van der Waals surface area (Å²) in [5, 5.41) is 3.57. The van der Waals surface area contributed by atoms with E-state index >= 15 is 0 Å². The molecular weight excluding hydrogens is 210 g/mol. The van der Waals surface area contributed by atoms with Crippen LogP contribution >= 0.6 is 0 Å². The Balaban J connectivity index is 2.37. The van der Waals surface area contributed by atoms with E-state index in [1.807, 2.05) is 0 Å². The highest BCUT2D eigenvalue weighted by Gasteiger charge is 2.22. The molecule has 0 aliphatic heterocycles. The summed E-state index contributed by atoms with van der Waals surface area (Å²) >= 11 is 0. The Hall–Kier alpha value is -0.0800. The lowest BCUT2D eigenvalue weighted by molar-refractivity contribution is -0.0514. The summed E-state index contributed by atoms with van der Waals surface area (Å²) in [6.07, 6.45) is 7.49. The van der Waals surface area contributed by atoms with Gasteiger partial charge in [0.05, 0.1) is 12.2 Å². The van der Waals surface area contributed by atoms with Gasteiger partial charge in [-0.25, -0.2) is 0 Å². The molecule has 1 saturated carbocycles. The third-order valence-corrected chi connectivity index (χ3v) is 3.50. The van der Waals surface area contributed by atoms with Gasteiger partial charge >= 0.3 is 0 Å². The van der Waals surface area contributed by atoms with Crippen molar-refractivity contribution in [3.05, 3.63) is 0 Å². The first kappa shape index (κ1) is 15.0. The van der Waals surface area contributed by atoms with E-state index in [1.54, 1.807) is 0 Å². The van der Waals surface area contributed by atoms with Crippen LogP contribution in [-0.4, -0.2) is 24.3 Å². The molecule has 1 aliphatic rings. The molecule has 1 N–H and O–H groups in total. The van der Waals surface area contributed by atoms with Gasteiger partial charge in [0.25, 0.3) is 0 Å². The fraction of sp³-hybridized carbons (Fsp3) is 1.00. The molecule has 0 aromatic heterocycles. The van der Waals surface area contributed by atoms with Crippen molar-refractivity contribution in [2.45, 2.75) is 84.5 Å². The Kier molecular flexibility index (Phi) is 5.94. The van der Waals surface area contributed by atoms with E-state index in [1.165, 1.54) is 32.1 Å². The van der Waals surface area contributed by atoms with Gasteiger partial charge in [-0.05, 0) is 39.5 Å². The first-order valence-corrected chi connectivity index (χ1v) is 7.29. The first-order chi connectivity index (χ1) is 7.88. The molecule has 102 valence electrons. The van der Waals surface area contributed by atoms with Gasteiger partial charge in [0.2, 0.25) is 0 Å². The van der Waals surface area contributed by atoms with Crippen LogP contribution < -0.4 is 5.32 Å². The average molecular weight is 241 g/mol. The Bertz CT molecular complexity index is 201. The molecule has 0 amide bonds. The lowest BCUT2D eigenvalue weighted by Crippen LogP contribution is -2.44. The van der Waals surface area contributed by atoms with Gasteiger partial charge in [-0.1, -0.05) is 33.1 Å². The van der Waals surface area contributed by atoms with Crippen molar-refractivity contribution in [2.75, 3.05) is 6.54 Å². The molecule has 0 spiro atoms. The second-order valence-electron chi connectivity index (χ2n) is 6.81. The summed E-state index contributed by atoms with van der Waals surface area (Å²) in [6.45, 7) is 12.1. The Morgan fingerprint density at radius 1 is 1.12 bits per heavy atom. The second-order valence-corrected chi connectivity index (χ2v) is 6.81. The van der Waals surface area contributed by atoms with Crippen LogP contribution in [-0.2, 0) is 4.74 Å². The van der Waals surface area contributed by atoms with Crippen molar-refractivity contribution in [3.8, 4) is 0 Å². The summed E-state index contributed by atoms with van der Waals surface area (Å²) < 4.78 is 6.29. The molecule has 2 heteroatoms. The molecule has 1 rings (SSSR count). The van der Waals surface area contributed by atoms with Crippen molar-refractivity contribution < 1.29 is 4.74 Å². The minimum atomic E-state index is 0.184. The number of hydrogen-bond acceptors (Lipinski definition) is 2. The Labute approximate surface area is 108 Å². The summed E-state index contributed by atoms with van der Waals surface area (Å²) in [4.78, 5) is 0. The van der Waals surface area contributed by atoms with E-state index in [0.717, 1.165) is 6.54 Å². The molecular formula is C15H31NO. The lowest BCUT2D eigenvalue weighted by atomic mass is 9.97. The predicted octanol–water partition coefficient (Wildman–Crippen LogP) is 3.75. The second kappa shape index (κ2) is 6.75. The van der Waals surface area contributed by atoms with Crippen LogP contribution in [0.3, 0.4) is 0 Å². The van der Waals surface area contributed by atoms with Gasteiger partial charge in [-0.3, -0.25) is 0 Å². The van der Waals surface area contributed by atoms with Crippen LogP contribution in [0.4, 0.5) is 0 Å². The quantitative estimate of drug-likeness (QED) is 0.791. The minimum Gasteiger partial charge on any atom is -0.373 e. The standard InChI is InChI=1S/C15H31NO/c1-12(2)14(11-16-15(3,4)5)17-13-9-7-6-8-10-13/h12-14,16H,6-11H2,1-5H3. The van der Waals surface area contributed by atoms with E-state index in [9.17, 15) is 0 Å². The van der Waals surface area contributed by atoms with E-state index in [2.05, 4.69) is 39.9 Å². The van der Waals surface area contributed by atoms with Crippen LogP contribution in [0.25, 0.3) is 0 Å². The van der Waals surface area contributed by atoms with E-state index in [-0.39, 0.29) is 5.54 Å². The van der Waals surface area contributed by atoms with Crippen molar-refractivity contribution in [1.29, 1.82) is 0 Å². The molecule has 0 aromatic carbocycles. The highest BCUT2D eigenvalue weighted by molar-refractivity contribution is 4.77. The SMILES string of the molecule is CC(C)C(CNC(C)(C)C)OC1CCCCC1. The molecule has 1 unspecified atom stereocenters. The van der Waals surface area contributed by atoms with Gasteiger partial charge in [0.15, 0.2) is 0 Å². The predicted molar refractivity (Wildman–Crippen MR) is 74.3 cm³/mol. The minimum absolute atomic E-state index is 0.184. The summed E-state index contributed by atoms with van der Waals surface area (Å²) in [5.41, 5.74) is 0.184. The first-order valence-electron chi connectivity index (χ1n) is 7.29. The summed E-state index contributed by atoms with van der Waals surface area (Å²) in [5.74, 6) is 0.590. The van der Waals surface area contributed by atoms with Crippen LogP contribution in [0.15, 0.2) is 0 Å². The molecule has 0 bridgehead atoms. The molecule has 1 fully saturated rings. The third kappa shape index (κ3) is 6.42. The zero-order chi connectivity index (χ0) is 12.9. The normalized spacial score (nSPS) is 20.8. The van der Waals surface area contributed by atoms with Crippen LogP contribution in [0.1, 0.15) is 66.7 Å². The Morgan fingerprint density at radius 2 is 1.71 bits per heavy atom. The maximum Gasteiger partial charge on any atom is 0.0726 e. The van der Waals surface area contributed by atoms with Crippen molar-refractivity contribution in [1.82, 2.24) is 5.32 Å². The van der Waals surface area contributed by atoms with Gasteiger partial charge in [-0.2, -0.15) is 0 Å². The zero-order valence-electron chi connectivity index (χ0n) is 12.4. The van der Waals surface area contributed by atoms with Gasteiger partial charge in [0.1, 0.15) is 0 Å². The molecule has 2 nitrogen and oxygen atoms in total. The number of ether oxygens (including phenoxy) is 1. The zero-order valence-corrected chi connectivity index (χ0v) is 12.4. The number of nitrogens with one attached hydrogen (secondary N) is 1. The summed E-state index contributed by atoms with van der Waals surface area (Å²) in [6, 6.07) is 0. The molecule has 1 aliphatic carbocycles. The number of rotatable bonds is 5.